The van der Waals surface area contributed by atoms with Gasteiger partial charge in [-0.15, -0.1) is 0 Å². The number of hydrogen-bond acceptors (Lipinski definition) is 2. The highest BCUT2D eigenvalue weighted by Crippen LogP contribution is 2.29. The topological polar surface area (TPSA) is 40.5 Å². The van der Waals surface area contributed by atoms with Crippen LogP contribution in [0.3, 0.4) is 0 Å². The van der Waals surface area contributed by atoms with Gasteiger partial charge in [-0.2, -0.15) is 0 Å². The molecule has 0 aliphatic carbocycles. The number of aliphatic hydroxyl groups is 1. The van der Waals surface area contributed by atoms with Crippen LogP contribution in [0.5, 0.6) is 0 Å². The molecule has 0 radical (unpaired) electrons. The maximum absolute atomic E-state index is 12.5. The van der Waals surface area contributed by atoms with Gasteiger partial charge in [0, 0.05) is 12.6 Å². The molecule has 2 rings (SSSR count). The first-order chi connectivity index (χ1) is 9.00. The Morgan fingerprint density at radius 1 is 1.53 bits per heavy atom. The molecule has 1 saturated heterocycles. The highest BCUT2D eigenvalue weighted by molar-refractivity contribution is 6.43. The second kappa shape index (κ2) is 6.12. The highest BCUT2D eigenvalue weighted by Gasteiger charge is 2.31. The van der Waals surface area contributed by atoms with Crippen LogP contribution in [0, 0.1) is 0 Å². The lowest BCUT2D eigenvalue weighted by molar-refractivity contribution is 0.0682. The van der Waals surface area contributed by atoms with Crippen LogP contribution < -0.4 is 0 Å². The van der Waals surface area contributed by atoms with Crippen molar-refractivity contribution in [3.63, 3.8) is 0 Å². The Morgan fingerprint density at radius 3 is 2.95 bits per heavy atom. The van der Waals surface area contributed by atoms with Gasteiger partial charge >= 0.3 is 0 Å². The molecule has 2 unspecified atom stereocenters. The average Bonchev–Trinajstić information content (AvgIpc) is 2.79. The largest absolute Gasteiger partial charge is 0.393 e. The summed E-state index contributed by atoms with van der Waals surface area (Å²) in [6.45, 7) is 2.45. The zero-order chi connectivity index (χ0) is 14.0. The minimum atomic E-state index is -0.409. The van der Waals surface area contributed by atoms with E-state index in [0.717, 1.165) is 12.8 Å². The summed E-state index contributed by atoms with van der Waals surface area (Å²) < 4.78 is 0. The summed E-state index contributed by atoms with van der Waals surface area (Å²) in [5.74, 6) is -0.101. The number of benzene rings is 1. The van der Waals surface area contributed by atoms with Crippen LogP contribution in [0.4, 0.5) is 0 Å². The van der Waals surface area contributed by atoms with Crippen molar-refractivity contribution in [1.82, 2.24) is 4.90 Å². The maximum atomic E-state index is 12.5. The first kappa shape index (κ1) is 14.6. The van der Waals surface area contributed by atoms with Crippen LogP contribution >= 0.6 is 23.2 Å². The normalized spacial score (nSPS) is 20.6. The lowest BCUT2D eigenvalue weighted by atomic mass is 10.1. The first-order valence-electron chi connectivity index (χ1n) is 6.43. The van der Waals surface area contributed by atoms with Gasteiger partial charge in [0.2, 0.25) is 0 Å². The Balaban J connectivity index is 2.21. The number of rotatable bonds is 3. The monoisotopic (exact) mass is 301 g/mol. The zero-order valence-corrected chi connectivity index (χ0v) is 12.3. The molecule has 104 valence electrons. The first-order valence-corrected chi connectivity index (χ1v) is 7.19. The van der Waals surface area contributed by atoms with Crippen molar-refractivity contribution in [2.45, 2.75) is 38.3 Å². The van der Waals surface area contributed by atoms with Crippen LogP contribution in [0.1, 0.15) is 36.5 Å². The molecule has 19 heavy (non-hydrogen) atoms. The lowest BCUT2D eigenvalue weighted by Crippen LogP contribution is -2.37. The van der Waals surface area contributed by atoms with E-state index in [0.29, 0.717) is 28.6 Å². The van der Waals surface area contributed by atoms with Gasteiger partial charge in [-0.05, 0) is 38.3 Å². The predicted molar refractivity (Wildman–Crippen MR) is 76.8 cm³/mol. The van der Waals surface area contributed by atoms with Crippen LogP contribution in [0.15, 0.2) is 18.2 Å². The maximum Gasteiger partial charge on any atom is 0.255 e. The molecule has 1 aromatic rings. The van der Waals surface area contributed by atoms with E-state index in [2.05, 4.69) is 0 Å². The number of hydrogen-bond donors (Lipinski definition) is 1. The van der Waals surface area contributed by atoms with Crippen molar-refractivity contribution in [3.8, 4) is 0 Å². The van der Waals surface area contributed by atoms with Crippen molar-refractivity contribution >= 4 is 29.1 Å². The summed E-state index contributed by atoms with van der Waals surface area (Å²) >= 11 is 12.0. The Bertz CT molecular complexity index is 477. The molecule has 0 saturated carbocycles. The van der Waals surface area contributed by atoms with Crippen molar-refractivity contribution in [3.05, 3.63) is 33.8 Å². The Hall–Kier alpha value is -0.770. The van der Waals surface area contributed by atoms with Gasteiger partial charge in [0.1, 0.15) is 0 Å². The minimum absolute atomic E-state index is 0.0857. The Labute approximate surface area is 123 Å². The van der Waals surface area contributed by atoms with Crippen LogP contribution in [0.25, 0.3) is 0 Å². The number of halogens is 2. The van der Waals surface area contributed by atoms with Gasteiger partial charge in [-0.25, -0.2) is 0 Å². The molecule has 3 nitrogen and oxygen atoms in total. The van der Waals surface area contributed by atoms with Crippen LogP contribution in [-0.2, 0) is 0 Å². The number of amides is 1. The molecule has 1 aromatic carbocycles. The molecule has 1 heterocycles. The zero-order valence-electron chi connectivity index (χ0n) is 10.8. The van der Waals surface area contributed by atoms with Gasteiger partial charge in [-0.1, -0.05) is 29.3 Å². The number of aliphatic hydroxyl groups excluding tert-OH is 1. The average molecular weight is 302 g/mol. The van der Waals surface area contributed by atoms with E-state index in [9.17, 15) is 9.90 Å². The van der Waals surface area contributed by atoms with Crippen molar-refractivity contribution in [1.29, 1.82) is 0 Å². The third-order valence-corrected chi connectivity index (χ3v) is 4.25. The van der Waals surface area contributed by atoms with Gasteiger partial charge in [-0.3, -0.25) is 4.79 Å². The van der Waals surface area contributed by atoms with E-state index in [4.69, 9.17) is 23.2 Å². The summed E-state index contributed by atoms with van der Waals surface area (Å²) in [5.41, 5.74) is 0.437. The number of carbonyl (C=O) groups is 1. The molecule has 1 fully saturated rings. The van der Waals surface area contributed by atoms with Crippen LogP contribution in [-0.4, -0.2) is 34.6 Å². The third kappa shape index (κ3) is 3.22. The van der Waals surface area contributed by atoms with Gasteiger partial charge in [0.15, 0.2) is 0 Å². The third-order valence-electron chi connectivity index (χ3n) is 3.43. The minimum Gasteiger partial charge on any atom is -0.393 e. The smallest absolute Gasteiger partial charge is 0.255 e. The van der Waals surface area contributed by atoms with E-state index < -0.39 is 6.10 Å². The quantitative estimate of drug-likeness (QED) is 0.930. The molecule has 1 N–H and O–H groups in total. The second-order valence-electron chi connectivity index (χ2n) is 4.98. The van der Waals surface area contributed by atoms with E-state index in [1.165, 1.54) is 0 Å². The fourth-order valence-corrected chi connectivity index (χ4v) is 2.95. The number of carbonyl (C=O) groups excluding carboxylic acids is 1. The lowest BCUT2D eigenvalue weighted by Gasteiger charge is -2.26. The summed E-state index contributed by atoms with van der Waals surface area (Å²) in [7, 11) is 0. The molecule has 0 spiro atoms. The molecule has 1 amide bonds. The molecule has 1 aliphatic heterocycles. The molecular weight excluding hydrogens is 285 g/mol. The molecule has 1 aliphatic rings. The second-order valence-corrected chi connectivity index (χ2v) is 5.77. The summed E-state index contributed by atoms with van der Waals surface area (Å²) in [4.78, 5) is 14.3. The van der Waals surface area contributed by atoms with E-state index in [1.807, 2.05) is 0 Å². The van der Waals surface area contributed by atoms with Gasteiger partial charge in [0.05, 0.1) is 21.7 Å². The SMILES string of the molecule is CC(O)CC1CCCN1C(=O)c1cccc(Cl)c1Cl. The fourth-order valence-electron chi connectivity index (χ4n) is 2.57. The molecule has 5 heteroatoms. The molecule has 0 bridgehead atoms. The van der Waals surface area contributed by atoms with Crippen molar-refractivity contribution in [2.24, 2.45) is 0 Å². The predicted octanol–water partition coefficient (Wildman–Crippen LogP) is 3.37. The number of likely N-dealkylation sites (tertiary alicyclic amines) is 1. The Kier molecular flexibility index (Phi) is 4.71. The summed E-state index contributed by atoms with van der Waals surface area (Å²) in [6, 6.07) is 5.16. The summed E-state index contributed by atoms with van der Waals surface area (Å²) in [5, 5.41) is 10.2. The van der Waals surface area contributed by atoms with Crippen LogP contribution in [0.2, 0.25) is 10.0 Å². The van der Waals surface area contributed by atoms with Gasteiger partial charge in [0.25, 0.3) is 5.91 Å². The Morgan fingerprint density at radius 2 is 2.26 bits per heavy atom. The molecule has 0 aromatic heterocycles. The fraction of sp³-hybridized carbons (Fsp3) is 0.500. The molecular formula is C14H17Cl2NO2. The standard InChI is InChI=1S/C14H17Cl2NO2/c1-9(18)8-10-4-3-7-17(10)14(19)11-5-2-6-12(15)13(11)16/h2,5-6,9-10,18H,3-4,7-8H2,1H3. The van der Waals surface area contributed by atoms with Crippen molar-refractivity contribution in [2.75, 3.05) is 6.54 Å². The highest BCUT2D eigenvalue weighted by atomic mass is 35.5. The number of nitrogens with zero attached hydrogens (tertiary/aromatic N) is 1. The summed E-state index contributed by atoms with van der Waals surface area (Å²) in [6.07, 6.45) is 2.08. The van der Waals surface area contributed by atoms with E-state index >= 15 is 0 Å². The van der Waals surface area contributed by atoms with E-state index in [1.54, 1.807) is 30.0 Å². The van der Waals surface area contributed by atoms with Gasteiger partial charge < -0.3 is 10.0 Å². The van der Waals surface area contributed by atoms with Crippen molar-refractivity contribution < 1.29 is 9.90 Å². The van der Waals surface area contributed by atoms with E-state index in [-0.39, 0.29) is 11.9 Å². The molecule has 2 atom stereocenters.